The van der Waals surface area contributed by atoms with Gasteiger partial charge in [0.1, 0.15) is 0 Å². The molecule has 0 aliphatic carbocycles. The van der Waals surface area contributed by atoms with Gasteiger partial charge in [-0.05, 0) is 23.1 Å². The molecule has 17 heavy (non-hydrogen) atoms. The third kappa shape index (κ3) is 3.72. The average Bonchev–Trinajstić information content (AvgIpc) is 2.48. The van der Waals surface area contributed by atoms with Crippen LogP contribution < -0.4 is 0 Å². The van der Waals surface area contributed by atoms with Crippen molar-refractivity contribution in [2.24, 2.45) is 0 Å². The Kier molecular flexibility index (Phi) is 2.55. The molecule has 0 saturated carbocycles. The Labute approximate surface area is 110 Å². The van der Waals surface area contributed by atoms with E-state index in [1.54, 1.807) is 12.1 Å². The Hall–Kier alpha value is -1.60. The molecule has 0 fully saturated rings. The number of hydrogen-bond donors (Lipinski definition) is 0. The molecule has 0 unspecified atom stereocenters. The topological polar surface area (TPSA) is 9.23 Å². The van der Waals surface area contributed by atoms with Crippen molar-refractivity contribution in [1.82, 2.24) is 0 Å². The summed E-state index contributed by atoms with van der Waals surface area (Å²) in [7, 11) is 0. The predicted octanol–water partition coefficient (Wildman–Crippen LogP) is 3.97. The van der Waals surface area contributed by atoms with Gasteiger partial charge in [-0.3, -0.25) is 0 Å². The lowest BCUT2D eigenvalue weighted by Gasteiger charge is -2.05. The highest BCUT2D eigenvalue weighted by atomic mass is 16.5. The Morgan fingerprint density at radius 1 is 0.882 bits per heavy atom. The van der Waals surface area contributed by atoms with Crippen molar-refractivity contribution in [3.8, 4) is 0 Å². The van der Waals surface area contributed by atoms with Crippen LogP contribution in [0.2, 0.25) is 0 Å². The summed E-state index contributed by atoms with van der Waals surface area (Å²) in [6.07, 6.45) is -2.35. The molecule has 2 aromatic carbocycles. The largest absolute Gasteiger partial charge is 0.372 e. The molecule has 2 rings (SSSR count). The summed E-state index contributed by atoms with van der Waals surface area (Å²) in [5, 5.41) is 0. The van der Waals surface area contributed by atoms with E-state index in [4.69, 9.17) is 11.6 Å². The van der Waals surface area contributed by atoms with Crippen molar-refractivity contribution in [2.75, 3.05) is 0 Å². The third-order valence-electron chi connectivity index (χ3n) is 2.48. The number of hydrogen-bond acceptors (Lipinski definition) is 1. The van der Waals surface area contributed by atoms with E-state index in [1.165, 1.54) is 12.1 Å². The summed E-state index contributed by atoms with van der Waals surface area (Å²) < 4.78 is 42.8. The van der Waals surface area contributed by atoms with Gasteiger partial charge in [-0.25, -0.2) is 0 Å². The van der Waals surface area contributed by atoms with Crippen LogP contribution in [-0.2, 0) is 24.3 Å². The van der Waals surface area contributed by atoms with Crippen molar-refractivity contribution in [2.45, 2.75) is 26.4 Å². The highest BCUT2D eigenvalue weighted by Gasteiger charge is 1.95. The molecule has 88 valence electrons. The van der Waals surface area contributed by atoms with E-state index in [0.29, 0.717) is 13.2 Å². The highest BCUT2D eigenvalue weighted by molar-refractivity contribution is 5.22. The molecular weight excluding hydrogens is 208 g/mol. The van der Waals surface area contributed by atoms with Gasteiger partial charge in [-0.15, -0.1) is 0 Å². The number of aryl methyl sites for hydroxylation is 1. The lowest BCUT2D eigenvalue weighted by Crippen LogP contribution is -1.94. The fourth-order valence-corrected chi connectivity index (χ4v) is 1.55. The van der Waals surface area contributed by atoms with Gasteiger partial charge in [0.05, 0.1) is 13.2 Å². The van der Waals surface area contributed by atoms with Gasteiger partial charge in [0, 0.05) is 6.85 Å². The van der Waals surface area contributed by atoms with Gasteiger partial charge in [0.15, 0.2) is 0 Å². The lowest BCUT2D eigenvalue weighted by atomic mass is 10.1. The van der Waals surface area contributed by atoms with Gasteiger partial charge in [0.2, 0.25) is 0 Å². The molecule has 2 aromatic rings. The molecule has 0 spiro atoms. The lowest BCUT2D eigenvalue weighted by molar-refractivity contribution is 0.107. The fraction of sp³-hybridized carbons (Fsp3) is 0.250. The first kappa shape index (κ1) is 6.97. The number of benzene rings is 2. The molecule has 1 nitrogen and oxygen atoms in total. The average molecular weight is 231 g/mol. The van der Waals surface area contributed by atoms with E-state index in [2.05, 4.69) is 0 Å². The molecule has 0 atom stereocenters. The monoisotopic (exact) mass is 231 g/mol. The van der Waals surface area contributed by atoms with Crippen LogP contribution in [0.15, 0.2) is 54.6 Å². The summed E-state index contributed by atoms with van der Waals surface area (Å²) in [5.74, 6) is 0. The van der Waals surface area contributed by atoms with Crippen molar-refractivity contribution >= 4 is 0 Å². The van der Waals surface area contributed by atoms with E-state index in [0.717, 1.165) is 11.1 Å². The smallest absolute Gasteiger partial charge is 0.0721 e. The van der Waals surface area contributed by atoms with Crippen LogP contribution in [0.25, 0.3) is 0 Å². The molecule has 0 aliphatic heterocycles. The Balaban J connectivity index is 1.95. The maximum absolute atomic E-state index is 7.71. The van der Waals surface area contributed by atoms with Crippen LogP contribution in [0.5, 0.6) is 0 Å². The molecule has 0 radical (unpaired) electrons. The Morgan fingerprint density at radius 2 is 1.47 bits per heavy atom. The van der Waals surface area contributed by atoms with Crippen LogP contribution in [0, 0.1) is 0 Å². The second kappa shape index (κ2) is 6.21. The fourth-order valence-electron chi connectivity index (χ4n) is 1.55. The minimum atomic E-state index is -2.68. The highest BCUT2D eigenvalue weighted by Crippen LogP contribution is 2.08. The Morgan fingerprint density at radius 3 is 2.12 bits per heavy atom. The van der Waals surface area contributed by atoms with Gasteiger partial charge in [-0.2, -0.15) is 0 Å². The van der Waals surface area contributed by atoms with Crippen LogP contribution in [-0.4, -0.2) is 0 Å². The van der Waals surface area contributed by atoms with E-state index in [9.17, 15) is 0 Å². The maximum Gasteiger partial charge on any atom is 0.0721 e. The third-order valence-corrected chi connectivity index (χ3v) is 2.48. The maximum atomic E-state index is 7.71. The predicted molar refractivity (Wildman–Crippen MR) is 70.8 cm³/mol. The molecule has 0 aliphatic rings. The molecule has 0 amide bonds. The standard InChI is InChI=1S/C16H18O/c1-2-14-8-10-16(11-9-14)13-17-12-15-6-4-3-5-7-15/h3-11H,2,12-13H2,1H3/i1D3,2D2. The van der Waals surface area contributed by atoms with Gasteiger partial charge in [0.25, 0.3) is 0 Å². The SMILES string of the molecule is [2H]C([2H])([2H])C([2H])([2H])c1ccc(COCc2ccccc2)cc1. The quantitative estimate of drug-likeness (QED) is 0.756. The van der Waals surface area contributed by atoms with Crippen molar-refractivity contribution < 1.29 is 11.6 Å². The molecule has 0 saturated heterocycles. The molecular formula is C16H18O. The van der Waals surface area contributed by atoms with E-state index < -0.39 is 13.2 Å². The summed E-state index contributed by atoms with van der Waals surface area (Å²) in [4.78, 5) is 0. The molecule has 0 heterocycles. The number of ether oxygens (including phenoxy) is 1. The first-order chi connectivity index (χ1) is 10.3. The van der Waals surface area contributed by atoms with Gasteiger partial charge in [-0.1, -0.05) is 61.4 Å². The molecule has 0 N–H and O–H groups in total. The minimum Gasteiger partial charge on any atom is -0.372 e. The molecule has 1 heteroatoms. The van der Waals surface area contributed by atoms with Crippen LogP contribution in [0.4, 0.5) is 0 Å². The normalized spacial score (nSPS) is 16.4. The van der Waals surface area contributed by atoms with Crippen molar-refractivity contribution in [3.63, 3.8) is 0 Å². The summed E-state index contributed by atoms with van der Waals surface area (Å²) in [6, 6.07) is 16.2. The summed E-state index contributed by atoms with van der Waals surface area (Å²) in [6.45, 7) is -1.79. The zero-order chi connectivity index (χ0) is 16.2. The van der Waals surface area contributed by atoms with E-state index in [1.807, 2.05) is 30.3 Å². The zero-order valence-electron chi connectivity index (χ0n) is 14.5. The Bertz CT molecular complexity index is 590. The van der Waals surface area contributed by atoms with Crippen molar-refractivity contribution in [1.29, 1.82) is 0 Å². The molecule has 0 aromatic heterocycles. The first-order valence-electron chi connectivity index (χ1n) is 8.02. The summed E-state index contributed by atoms with van der Waals surface area (Å²) in [5.41, 5.74) is 2.11. The number of rotatable bonds is 5. The van der Waals surface area contributed by atoms with Crippen molar-refractivity contribution in [3.05, 3.63) is 71.3 Å². The van der Waals surface area contributed by atoms with Gasteiger partial charge >= 0.3 is 0 Å². The molecule has 0 bridgehead atoms. The van der Waals surface area contributed by atoms with Gasteiger partial charge < -0.3 is 4.74 Å². The van der Waals surface area contributed by atoms with Crippen LogP contribution in [0.1, 0.15) is 30.4 Å². The van der Waals surface area contributed by atoms with Crippen LogP contribution in [0.3, 0.4) is 0 Å². The summed E-state index contributed by atoms with van der Waals surface area (Å²) >= 11 is 0. The second-order valence-corrected chi connectivity index (χ2v) is 3.80. The van der Waals surface area contributed by atoms with E-state index in [-0.39, 0.29) is 5.56 Å². The van der Waals surface area contributed by atoms with Crippen LogP contribution >= 0.6 is 0 Å². The first-order valence-corrected chi connectivity index (χ1v) is 5.52. The second-order valence-electron chi connectivity index (χ2n) is 3.80. The zero-order valence-corrected chi connectivity index (χ0v) is 9.52. The minimum absolute atomic E-state index is 0.152. The van der Waals surface area contributed by atoms with E-state index >= 15 is 0 Å².